The number of aryl methyl sites for hydroxylation is 1. The van der Waals surface area contributed by atoms with Crippen LogP contribution in [0.5, 0.6) is 0 Å². The Morgan fingerprint density at radius 3 is 2.21 bits per heavy atom. The van der Waals surface area contributed by atoms with Gasteiger partial charge in [0.15, 0.2) is 0 Å². The maximum Gasteiger partial charge on any atom is 0.435 e. The number of methoxy groups -OCH3 is 1. The number of rotatable bonds is 4. The van der Waals surface area contributed by atoms with E-state index in [1.165, 1.54) is 36.7 Å². The van der Waals surface area contributed by atoms with Gasteiger partial charge in [-0.15, -0.1) is 0 Å². The van der Waals surface area contributed by atoms with E-state index >= 15 is 0 Å². The fourth-order valence-electron chi connectivity index (χ4n) is 3.82. The molecule has 0 N–H and O–H groups in total. The molecule has 1 aromatic heterocycles. The number of carbonyl (C=O) groups excluding carboxylic acids is 2. The third-order valence-electron chi connectivity index (χ3n) is 5.67. The summed E-state index contributed by atoms with van der Waals surface area (Å²) in [7, 11) is 1.08. The summed E-state index contributed by atoms with van der Waals surface area (Å²) in [5.41, 5.74) is -2.50. The van der Waals surface area contributed by atoms with Crippen molar-refractivity contribution in [1.29, 1.82) is 0 Å². The van der Waals surface area contributed by atoms with Crippen LogP contribution in [0.1, 0.15) is 33.5 Å². The lowest BCUT2D eigenvalue weighted by molar-refractivity contribution is -0.275. The van der Waals surface area contributed by atoms with E-state index in [9.17, 15) is 22.8 Å². The van der Waals surface area contributed by atoms with Crippen LogP contribution in [-0.4, -0.2) is 41.0 Å². The number of carbonyl (C=O) groups is 2. The first kappa shape index (κ1) is 27.6. The normalized spacial score (nSPS) is 17.0. The summed E-state index contributed by atoms with van der Waals surface area (Å²) in [6.45, 7) is 1.54. The zero-order chi connectivity index (χ0) is 27.8. The summed E-state index contributed by atoms with van der Waals surface area (Å²) in [4.78, 5) is 39.0. The van der Waals surface area contributed by atoms with Crippen molar-refractivity contribution in [1.82, 2.24) is 9.97 Å². The summed E-state index contributed by atoms with van der Waals surface area (Å²) in [5, 5.41) is 3.91. The highest BCUT2D eigenvalue weighted by Gasteiger charge is 2.62. The zero-order valence-electron chi connectivity index (χ0n) is 19.5. The molecule has 0 aliphatic carbocycles. The van der Waals surface area contributed by atoms with Crippen molar-refractivity contribution in [2.45, 2.75) is 25.1 Å². The molecule has 1 unspecified atom stereocenters. The molecular formula is C24H16Cl3F3N4O4. The number of ether oxygens (including phenoxy) is 1. The Morgan fingerprint density at radius 2 is 1.66 bits per heavy atom. The van der Waals surface area contributed by atoms with Crippen molar-refractivity contribution < 1.29 is 32.3 Å². The zero-order valence-corrected chi connectivity index (χ0v) is 21.8. The van der Waals surface area contributed by atoms with Gasteiger partial charge in [0.2, 0.25) is 5.95 Å². The molecule has 0 bridgehead atoms. The van der Waals surface area contributed by atoms with Crippen LogP contribution in [0.4, 0.5) is 23.9 Å². The molecular weight excluding hydrogens is 572 g/mol. The minimum Gasteiger partial charge on any atom is -0.452 e. The third-order valence-corrected chi connectivity index (χ3v) is 6.30. The minimum atomic E-state index is -4.86. The second kappa shape index (κ2) is 10.4. The van der Waals surface area contributed by atoms with Crippen LogP contribution in [0.3, 0.4) is 0 Å². The molecule has 0 radical (unpaired) electrons. The van der Waals surface area contributed by atoms with Crippen LogP contribution in [0.25, 0.3) is 0 Å². The van der Waals surface area contributed by atoms with Gasteiger partial charge < -0.3 is 9.57 Å². The van der Waals surface area contributed by atoms with Crippen LogP contribution in [0.15, 0.2) is 53.9 Å². The lowest BCUT2D eigenvalue weighted by Crippen LogP contribution is -2.42. The number of hydrogen-bond donors (Lipinski definition) is 0. The number of amides is 2. The number of benzene rings is 2. The second-order valence-electron chi connectivity index (χ2n) is 8.13. The molecule has 0 fully saturated rings. The number of hydrogen-bond acceptors (Lipinski definition) is 7. The molecule has 4 rings (SSSR count). The topological polar surface area (TPSA) is 94.0 Å². The van der Waals surface area contributed by atoms with E-state index in [0.717, 1.165) is 19.2 Å². The fraction of sp³-hybridized carbons (Fsp3) is 0.208. The minimum absolute atomic E-state index is 0.00621. The van der Waals surface area contributed by atoms with E-state index in [1.807, 2.05) is 0 Å². The van der Waals surface area contributed by atoms with E-state index in [1.54, 1.807) is 6.92 Å². The monoisotopic (exact) mass is 586 g/mol. The van der Waals surface area contributed by atoms with Crippen LogP contribution in [0.2, 0.25) is 15.1 Å². The molecule has 14 heteroatoms. The number of nitrogens with zero attached hydrogens (tertiary/aromatic N) is 4. The maximum absolute atomic E-state index is 14.3. The standard InChI is InChI=1S/C24H16Cl3F3N4O4/c1-12-5-13(3-4-18(12)20(35)34(22(36)37-2)21-31-10-17(27)11-32-21)19-9-23(38-33-19,24(28,29)30)14-6-15(25)8-16(26)7-14/h3-8,10-11H,9H2,1-2H3. The highest BCUT2D eigenvalue weighted by Crippen LogP contribution is 2.49. The molecule has 0 spiro atoms. The predicted octanol–water partition coefficient (Wildman–Crippen LogP) is 6.74. The Morgan fingerprint density at radius 1 is 1.03 bits per heavy atom. The molecule has 3 aromatic rings. The molecule has 8 nitrogen and oxygen atoms in total. The quantitative estimate of drug-likeness (QED) is 0.336. The molecule has 0 saturated carbocycles. The van der Waals surface area contributed by atoms with Gasteiger partial charge in [0.05, 0.1) is 30.2 Å². The molecule has 38 heavy (non-hydrogen) atoms. The van der Waals surface area contributed by atoms with Crippen molar-refractivity contribution in [3.8, 4) is 0 Å². The largest absolute Gasteiger partial charge is 0.452 e. The second-order valence-corrected chi connectivity index (χ2v) is 9.44. The smallest absolute Gasteiger partial charge is 0.435 e. The van der Waals surface area contributed by atoms with Crippen LogP contribution < -0.4 is 4.90 Å². The summed E-state index contributed by atoms with van der Waals surface area (Å²) in [5.74, 6) is -1.11. The van der Waals surface area contributed by atoms with Crippen molar-refractivity contribution in [3.63, 3.8) is 0 Å². The first-order chi connectivity index (χ1) is 17.9. The van der Waals surface area contributed by atoms with Gasteiger partial charge in [-0.3, -0.25) is 4.79 Å². The van der Waals surface area contributed by atoms with E-state index in [0.29, 0.717) is 10.5 Å². The van der Waals surface area contributed by atoms with E-state index in [2.05, 4.69) is 15.1 Å². The average molecular weight is 588 g/mol. The molecule has 1 aliphatic heterocycles. The first-order valence-electron chi connectivity index (χ1n) is 10.7. The molecule has 2 aromatic carbocycles. The number of aromatic nitrogens is 2. The third kappa shape index (κ3) is 5.13. The summed E-state index contributed by atoms with van der Waals surface area (Å²) in [6.07, 6.45) is -4.20. The Balaban J connectivity index is 1.66. The number of halogens is 6. The molecule has 0 saturated heterocycles. The molecule has 2 heterocycles. The molecule has 2 amide bonds. The number of imide groups is 1. The van der Waals surface area contributed by atoms with E-state index in [4.69, 9.17) is 44.4 Å². The Labute approximate surface area is 228 Å². The Bertz CT molecular complexity index is 1430. The Hall–Kier alpha value is -3.41. The van der Waals surface area contributed by atoms with Crippen molar-refractivity contribution in [2.24, 2.45) is 5.16 Å². The van der Waals surface area contributed by atoms with Crippen LogP contribution in [-0.2, 0) is 15.2 Å². The maximum atomic E-state index is 14.3. The molecule has 198 valence electrons. The number of alkyl halides is 3. The van der Waals surface area contributed by atoms with Crippen molar-refractivity contribution in [3.05, 3.63) is 86.1 Å². The lowest BCUT2D eigenvalue weighted by Gasteiger charge is -2.29. The SMILES string of the molecule is COC(=O)N(C(=O)c1ccc(C2=NOC(c3cc(Cl)cc(Cl)c3)(C(F)(F)F)C2)cc1C)c1ncc(Cl)cn1. The van der Waals surface area contributed by atoms with Crippen molar-refractivity contribution >= 4 is 58.5 Å². The van der Waals surface area contributed by atoms with E-state index in [-0.39, 0.29) is 43.4 Å². The molecule has 1 aliphatic rings. The van der Waals surface area contributed by atoms with E-state index < -0.39 is 30.2 Å². The highest BCUT2D eigenvalue weighted by molar-refractivity contribution is 6.34. The fourth-order valence-corrected chi connectivity index (χ4v) is 4.44. The van der Waals surface area contributed by atoms with Crippen LogP contribution >= 0.6 is 34.8 Å². The van der Waals surface area contributed by atoms with Gasteiger partial charge in [0, 0.05) is 27.6 Å². The van der Waals surface area contributed by atoms with Gasteiger partial charge in [-0.2, -0.15) is 18.1 Å². The van der Waals surface area contributed by atoms with Crippen LogP contribution in [0, 0.1) is 6.92 Å². The van der Waals surface area contributed by atoms with Gasteiger partial charge in [-0.05, 0) is 48.4 Å². The van der Waals surface area contributed by atoms with Gasteiger partial charge in [-0.25, -0.2) is 14.8 Å². The summed E-state index contributed by atoms with van der Waals surface area (Å²) in [6, 6.07) is 7.71. The highest BCUT2D eigenvalue weighted by atomic mass is 35.5. The predicted molar refractivity (Wildman–Crippen MR) is 134 cm³/mol. The Kier molecular flexibility index (Phi) is 7.55. The summed E-state index contributed by atoms with van der Waals surface area (Å²) >= 11 is 17.7. The average Bonchev–Trinajstić information content (AvgIpc) is 3.32. The molecule has 1 atom stereocenters. The van der Waals surface area contributed by atoms with Gasteiger partial charge in [0.1, 0.15) is 0 Å². The lowest BCUT2D eigenvalue weighted by atomic mass is 9.86. The first-order valence-corrected chi connectivity index (χ1v) is 11.8. The van der Waals surface area contributed by atoms with Crippen molar-refractivity contribution in [2.75, 3.05) is 12.0 Å². The van der Waals surface area contributed by atoms with Gasteiger partial charge in [0.25, 0.3) is 11.5 Å². The van der Waals surface area contributed by atoms with Gasteiger partial charge >= 0.3 is 12.3 Å². The number of oxime groups is 1. The van der Waals surface area contributed by atoms with Gasteiger partial charge in [-0.1, -0.05) is 46.0 Å². The number of anilines is 1. The summed E-state index contributed by atoms with van der Waals surface area (Å²) < 4.78 is 47.6.